The molecule has 0 fully saturated rings. The second-order valence-electron chi connectivity index (χ2n) is 6.20. The van der Waals surface area contributed by atoms with E-state index < -0.39 is 0 Å². The molecule has 0 aromatic heterocycles. The van der Waals surface area contributed by atoms with E-state index in [1.807, 2.05) is 19.9 Å². The summed E-state index contributed by atoms with van der Waals surface area (Å²) in [4.78, 5) is 14.6. The fourth-order valence-electron chi connectivity index (χ4n) is 2.62. The van der Waals surface area contributed by atoms with Crippen LogP contribution in [0.2, 0.25) is 0 Å². The van der Waals surface area contributed by atoms with Gasteiger partial charge in [0.2, 0.25) is 0 Å². The molecule has 0 bridgehead atoms. The second kappa shape index (κ2) is 7.46. The Balaban J connectivity index is 2.64. The van der Waals surface area contributed by atoms with E-state index in [0.717, 1.165) is 17.7 Å². The number of rotatable bonds is 6. The van der Waals surface area contributed by atoms with Gasteiger partial charge in [-0.15, -0.1) is 0 Å². The Morgan fingerprint density at radius 2 is 1.71 bits per heavy atom. The third-order valence-electron chi connectivity index (χ3n) is 3.84. The first-order valence-electron chi connectivity index (χ1n) is 7.64. The minimum Gasteiger partial charge on any atom is -0.398 e. The summed E-state index contributed by atoms with van der Waals surface area (Å²) < 4.78 is 0. The lowest BCUT2D eigenvalue weighted by Crippen LogP contribution is -2.42. The lowest BCUT2D eigenvalue weighted by molar-refractivity contribution is 0.0939. The summed E-state index contributed by atoms with van der Waals surface area (Å²) in [5.74, 6) is -0.0494. The zero-order valence-electron chi connectivity index (χ0n) is 14.2. The molecule has 1 amide bonds. The monoisotopic (exact) mass is 291 g/mol. The number of carbonyl (C=O) groups excluding carboxylic acids is 1. The minimum absolute atomic E-state index is 0.0494. The Morgan fingerprint density at radius 3 is 2.24 bits per heavy atom. The lowest BCUT2D eigenvalue weighted by atomic mass is 10.0. The van der Waals surface area contributed by atoms with Crippen molar-refractivity contribution in [1.82, 2.24) is 10.2 Å². The smallest absolute Gasteiger partial charge is 0.251 e. The topological polar surface area (TPSA) is 58.4 Å². The molecule has 0 saturated heterocycles. The van der Waals surface area contributed by atoms with Crippen LogP contribution in [0.4, 0.5) is 5.69 Å². The van der Waals surface area contributed by atoms with Gasteiger partial charge in [0.25, 0.3) is 5.91 Å². The normalized spacial score (nSPS) is 11.5. The Hall–Kier alpha value is -1.55. The van der Waals surface area contributed by atoms with Crippen molar-refractivity contribution in [2.45, 2.75) is 53.6 Å². The maximum Gasteiger partial charge on any atom is 0.251 e. The molecule has 1 aromatic carbocycles. The molecule has 0 unspecified atom stereocenters. The zero-order chi connectivity index (χ0) is 16.2. The fraction of sp³-hybridized carbons (Fsp3) is 0.588. The van der Waals surface area contributed by atoms with E-state index in [4.69, 9.17) is 5.73 Å². The maximum absolute atomic E-state index is 12.3. The first-order valence-corrected chi connectivity index (χ1v) is 7.64. The molecular formula is C17H29N3O. The van der Waals surface area contributed by atoms with Crippen LogP contribution in [0.5, 0.6) is 0 Å². The van der Waals surface area contributed by atoms with Crippen molar-refractivity contribution < 1.29 is 4.79 Å². The summed E-state index contributed by atoms with van der Waals surface area (Å²) in [7, 11) is 0. The predicted molar refractivity (Wildman–Crippen MR) is 89.6 cm³/mol. The molecule has 0 aliphatic heterocycles. The highest BCUT2D eigenvalue weighted by Gasteiger charge is 2.14. The van der Waals surface area contributed by atoms with Gasteiger partial charge < -0.3 is 11.1 Å². The summed E-state index contributed by atoms with van der Waals surface area (Å²) in [5, 5.41) is 2.99. The molecule has 1 rings (SSSR count). The molecule has 3 N–H and O–H groups in total. The standard InChI is InChI=1S/C17H29N3O/c1-11(2)20(12(3)4)8-7-19-17(21)15-10-16(18)14(6)9-13(15)5/h9-12H,7-8,18H2,1-6H3,(H,19,21). The van der Waals surface area contributed by atoms with Crippen LogP contribution < -0.4 is 11.1 Å². The number of anilines is 1. The summed E-state index contributed by atoms with van der Waals surface area (Å²) in [6.45, 7) is 14.1. The van der Waals surface area contributed by atoms with Crippen molar-refractivity contribution in [2.24, 2.45) is 0 Å². The Kier molecular flexibility index (Phi) is 6.21. The van der Waals surface area contributed by atoms with Gasteiger partial charge in [-0.25, -0.2) is 0 Å². The van der Waals surface area contributed by atoms with Gasteiger partial charge in [0.15, 0.2) is 0 Å². The molecule has 4 nitrogen and oxygen atoms in total. The van der Waals surface area contributed by atoms with E-state index in [1.165, 1.54) is 0 Å². The van der Waals surface area contributed by atoms with E-state index in [2.05, 4.69) is 37.9 Å². The average Bonchev–Trinajstić information content (AvgIpc) is 2.37. The van der Waals surface area contributed by atoms with Crippen LogP contribution in [0.1, 0.15) is 49.2 Å². The van der Waals surface area contributed by atoms with E-state index >= 15 is 0 Å². The largest absolute Gasteiger partial charge is 0.398 e. The molecule has 21 heavy (non-hydrogen) atoms. The molecule has 1 aromatic rings. The van der Waals surface area contributed by atoms with Gasteiger partial charge in [0.1, 0.15) is 0 Å². The van der Waals surface area contributed by atoms with Crippen molar-refractivity contribution in [3.05, 3.63) is 28.8 Å². The zero-order valence-corrected chi connectivity index (χ0v) is 14.2. The lowest BCUT2D eigenvalue weighted by Gasteiger charge is -2.30. The van der Waals surface area contributed by atoms with E-state index in [9.17, 15) is 4.79 Å². The van der Waals surface area contributed by atoms with Crippen LogP contribution in [0.15, 0.2) is 12.1 Å². The van der Waals surface area contributed by atoms with E-state index in [1.54, 1.807) is 6.07 Å². The number of hydrogen-bond donors (Lipinski definition) is 2. The SMILES string of the molecule is Cc1cc(C)c(C(=O)NCCN(C(C)C)C(C)C)cc1N. The van der Waals surface area contributed by atoms with Crippen molar-refractivity contribution >= 4 is 11.6 Å². The average molecular weight is 291 g/mol. The van der Waals surface area contributed by atoms with Crippen LogP contribution in [-0.2, 0) is 0 Å². The molecule has 0 heterocycles. The minimum atomic E-state index is -0.0494. The summed E-state index contributed by atoms with van der Waals surface area (Å²) in [6, 6.07) is 4.67. The van der Waals surface area contributed by atoms with Gasteiger partial charge in [-0.3, -0.25) is 9.69 Å². The highest BCUT2D eigenvalue weighted by Crippen LogP contribution is 2.17. The number of hydrogen-bond acceptors (Lipinski definition) is 3. The summed E-state index contributed by atoms with van der Waals surface area (Å²) in [6.07, 6.45) is 0. The molecule has 118 valence electrons. The van der Waals surface area contributed by atoms with Gasteiger partial charge in [0, 0.05) is 36.4 Å². The van der Waals surface area contributed by atoms with Gasteiger partial charge in [-0.2, -0.15) is 0 Å². The number of nitrogens with one attached hydrogen (secondary N) is 1. The molecule has 0 spiro atoms. The van der Waals surface area contributed by atoms with Crippen molar-refractivity contribution in [3.8, 4) is 0 Å². The fourth-order valence-corrected chi connectivity index (χ4v) is 2.62. The predicted octanol–water partition coefficient (Wildman–Crippen LogP) is 2.73. The summed E-state index contributed by atoms with van der Waals surface area (Å²) >= 11 is 0. The number of nitrogen functional groups attached to an aromatic ring is 1. The van der Waals surface area contributed by atoms with Gasteiger partial charge >= 0.3 is 0 Å². The quantitative estimate of drug-likeness (QED) is 0.792. The first-order chi connectivity index (χ1) is 9.73. The van der Waals surface area contributed by atoms with Crippen LogP contribution in [-0.4, -0.2) is 36.0 Å². The van der Waals surface area contributed by atoms with Crippen molar-refractivity contribution in [1.29, 1.82) is 0 Å². The number of amides is 1. The first kappa shape index (κ1) is 17.5. The highest BCUT2D eigenvalue weighted by molar-refractivity contribution is 5.96. The molecule has 0 radical (unpaired) electrons. The molecule has 4 heteroatoms. The highest BCUT2D eigenvalue weighted by atomic mass is 16.1. The third kappa shape index (κ3) is 4.74. The number of nitrogens with two attached hydrogens (primary N) is 1. The maximum atomic E-state index is 12.3. The van der Waals surface area contributed by atoms with E-state index in [0.29, 0.717) is 29.9 Å². The molecule has 0 atom stereocenters. The third-order valence-corrected chi connectivity index (χ3v) is 3.84. The molecule has 0 aliphatic rings. The molecule has 0 aliphatic carbocycles. The van der Waals surface area contributed by atoms with Crippen LogP contribution in [0.25, 0.3) is 0 Å². The van der Waals surface area contributed by atoms with Gasteiger partial charge in [-0.1, -0.05) is 6.07 Å². The van der Waals surface area contributed by atoms with Gasteiger partial charge in [0.05, 0.1) is 0 Å². The molecular weight excluding hydrogens is 262 g/mol. The number of nitrogens with zero attached hydrogens (tertiary/aromatic N) is 1. The Labute approximate surface area is 128 Å². The van der Waals surface area contributed by atoms with Crippen LogP contribution >= 0.6 is 0 Å². The van der Waals surface area contributed by atoms with Crippen molar-refractivity contribution in [2.75, 3.05) is 18.8 Å². The Morgan fingerprint density at radius 1 is 1.14 bits per heavy atom. The molecule has 0 saturated carbocycles. The number of carbonyl (C=O) groups is 1. The van der Waals surface area contributed by atoms with Crippen molar-refractivity contribution in [3.63, 3.8) is 0 Å². The summed E-state index contributed by atoms with van der Waals surface area (Å²) in [5.41, 5.74) is 9.20. The van der Waals surface area contributed by atoms with E-state index in [-0.39, 0.29) is 5.91 Å². The second-order valence-corrected chi connectivity index (χ2v) is 6.20. The van der Waals surface area contributed by atoms with Crippen LogP contribution in [0.3, 0.4) is 0 Å². The van der Waals surface area contributed by atoms with Gasteiger partial charge in [-0.05, 0) is 58.7 Å². The number of benzene rings is 1. The number of aryl methyl sites for hydroxylation is 2. The Bertz CT molecular complexity index is 487. The van der Waals surface area contributed by atoms with Crippen LogP contribution in [0, 0.1) is 13.8 Å².